The maximum Gasteiger partial charge on any atom is 0.311 e. The first-order valence-electron chi connectivity index (χ1n) is 10.9. The largest absolute Gasteiger partial charge is 0.469 e. The van der Waals surface area contributed by atoms with Crippen LogP contribution in [0.3, 0.4) is 0 Å². The second-order valence-electron chi connectivity index (χ2n) is 8.23. The van der Waals surface area contributed by atoms with Crippen LogP contribution in [0, 0.1) is 5.92 Å². The van der Waals surface area contributed by atoms with Gasteiger partial charge in [0.1, 0.15) is 0 Å². The van der Waals surface area contributed by atoms with Crippen molar-refractivity contribution in [2.45, 2.75) is 44.6 Å². The number of fused-ring (bicyclic) bond motifs is 1. The molecule has 1 N–H and O–H groups in total. The molecular formula is C23H29N3O5. The molecular weight excluding hydrogens is 398 g/mol. The number of benzene rings is 1. The fraction of sp³-hybridized carbons (Fsp3) is 0.522. The van der Waals surface area contributed by atoms with Crippen LogP contribution < -0.4 is 0 Å². The number of piperidine rings is 1. The summed E-state index contributed by atoms with van der Waals surface area (Å²) in [7, 11) is 1.34. The van der Waals surface area contributed by atoms with Crippen LogP contribution in [0.1, 0.15) is 38.2 Å². The van der Waals surface area contributed by atoms with Crippen LogP contribution in [0.25, 0.3) is 10.9 Å². The third-order valence-corrected chi connectivity index (χ3v) is 6.67. The van der Waals surface area contributed by atoms with E-state index in [0.717, 1.165) is 16.5 Å². The third kappa shape index (κ3) is 3.80. The minimum Gasteiger partial charge on any atom is -0.469 e. The Morgan fingerprint density at radius 2 is 1.97 bits per heavy atom. The Bertz CT molecular complexity index is 977. The van der Waals surface area contributed by atoms with Crippen molar-refractivity contribution in [1.29, 1.82) is 0 Å². The van der Waals surface area contributed by atoms with Crippen molar-refractivity contribution in [2.24, 2.45) is 5.92 Å². The maximum absolute atomic E-state index is 12.9. The highest BCUT2D eigenvalue weighted by Crippen LogP contribution is 2.44. The number of H-pyrrole nitrogens is 1. The van der Waals surface area contributed by atoms with Crippen molar-refractivity contribution in [1.82, 2.24) is 14.9 Å². The number of methoxy groups -OCH3 is 1. The number of rotatable bonds is 6. The lowest BCUT2D eigenvalue weighted by Crippen LogP contribution is -2.58. The lowest BCUT2D eigenvalue weighted by Gasteiger charge is -2.45. The minimum atomic E-state index is -0.742. The van der Waals surface area contributed by atoms with Gasteiger partial charge in [-0.15, -0.1) is 0 Å². The zero-order valence-electron chi connectivity index (χ0n) is 18.1. The number of carbonyl (C=O) groups is 3. The van der Waals surface area contributed by atoms with Crippen molar-refractivity contribution in [3.63, 3.8) is 0 Å². The molecule has 0 unspecified atom stereocenters. The summed E-state index contributed by atoms with van der Waals surface area (Å²) in [6, 6.07) is 8.06. The molecule has 8 heteroatoms. The molecule has 0 saturated carbocycles. The first kappa shape index (κ1) is 21.4. The van der Waals surface area contributed by atoms with Gasteiger partial charge in [-0.2, -0.15) is 0 Å². The molecule has 2 aromatic rings. The molecule has 2 fully saturated rings. The van der Waals surface area contributed by atoms with Gasteiger partial charge in [0.05, 0.1) is 25.2 Å². The van der Waals surface area contributed by atoms with E-state index in [9.17, 15) is 14.4 Å². The van der Waals surface area contributed by atoms with E-state index in [4.69, 9.17) is 9.57 Å². The number of aryl methyl sites for hydroxylation is 1. The molecule has 1 atom stereocenters. The molecule has 1 spiro atoms. The van der Waals surface area contributed by atoms with E-state index in [1.165, 1.54) is 12.2 Å². The van der Waals surface area contributed by atoms with E-state index in [1.807, 2.05) is 36.2 Å². The number of hydrogen-bond acceptors (Lipinski definition) is 5. The molecule has 4 rings (SSSR count). The standard InChI is InChI=1S/C23H29N3O5/c1-3-31-26-21(28)14-18(22(29)30-2)23(26)10-12-25(13-11-23)20(27)9-8-16-15-24-19-7-5-4-6-17(16)19/h4-7,15,18,24H,3,8-14H2,1-2H3/t18-/m1/s1. The van der Waals surface area contributed by atoms with Gasteiger partial charge < -0.3 is 14.6 Å². The molecule has 0 aliphatic carbocycles. The molecule has 0 bridgehead atoms. The van der Waals surface area contributed by atoms with Crippen LogP contribution in [0.4, 0.5) is 0 Å². The van der Waals surface area contributed by atoms with Crippen molar-refractivity contribution in [3.8, 4) is 0 Å². The Hall–Kier alpha value is -2.87. The maximum atomic E-state index is 12.9. The van der Waals surface area contributed by atoms with Crippen LogP contribution in [-0.4, -0.2) is 65.1 Å². The second kappa shape index (κ2) is 8.70. The summed E-state index contributed by atoms with van der Waals surface area (Å²) in [4.78, 5) is 48.5. The Morgan fingerprint density at radius 3 is 2.68 bits per heavy atom. The van der Waals surface area contributed by atoms with E-state index >= 15 is 0 Å². The number of para-hydroxylation sites is 1. The Balaban J connectivity index is 1.42. The highest BCUT2D eigenvalue weighted by atomic mass is 16.7. The van der Waals surface area contributed by atoms with Gasteiger partial charge in [-0.25, -0.2) is 5.06 Å². The molecule has 166 valence electrons. The zero-order chi connectivity index (χ0) is 22.0. The molecule has 1 aromatic carbocycles. The fourth-order valence-corrected chi connectivity index (χ4v) is 5.05. The fourth-order valence-electron chi connectivity index (χ4n) is 5.05. The Morgan fingerprint density at radius 1 is 1.23 bits per heavy atom. The van der Waals surface area contributed by atoms with Gasteiger partial charge in [0.15, 0.2) is 0 Å². The van der Waals surface area contributed by atoms with Gasteiger partial charge in [0.2, 0.25) is 11.8 Å². The molecule has 2 amide bonds. The van der Waals surface area contributed by atoms with Crippen LogP contribution in [0.2, 0.25) is 0 Å². The van der Waals surface area contributed by atoms with E-state index in [0.29, 0.717) is 45.4 Å². The molecule has 2 aliphatic rings. The van der Waals surface area contributed by atoms with Crippen molar-refractivity contribution >= 4 is 28.7 Å². The van der Waals surface area contributed by atoms with Gasteiger partial charge in [-0.05, 0) is 37.8 Å². The number of aromatic nitrogens is 1. The number of hydroxylamine groups is 2. The summed E-state index contributed by atoms with van der Waals surface area (Å²) in [6.45, 7) is 3.12. The van der Waals surface area contributed by atoms with E-state index in [1.54, 1.807) is 0 Å². The summed E-state index contributed by atoms with van der Waals surface area (Å²) in [5, 5.41) is 2.54. The number of amides is 2. The van der Waals surface area contributed by atoms with E-state index in [2.05, 4.69) is 11.1 Å². The third-order valence-electron chi connectivity index (χ3n) is 6.67. The van der Waals surface area contributed by atoms with Crippen molar-refractivity contribution < 1.29 is 24.0 Å². The molecule has 8 nitrogen and oxygen atoms in total. The smallest absolute Gasteiger partial charge is 0.311 e. The number of esters is 1. The molecule has 31 heavy (non-hydrogen) atoms. The molecule has 2 saturated heterocycles. The first-order valence-corrected chi connectivity index (χ1v) is 10.9. The summed E-state index contributed by atoms with van der Waals surface area (Å²) in [6.07, 6.45) is 4.13. The second-order valence-corrected chi connectivity index (χ2v) is 8.23. The van der Waals surface area contributed by atoms with Crippen LogP contribution >= 0.6 is 0 Å². The first-order chi connectivity index (χ1) is 15.0. The minimum absolute atomic E-state index is 0.0845. The molecule has 1 aromatic heterocycles. The van der Waals surface area contributed by atoms with E-state index < -0.39 is 17.4 Å². The number of nitrogens with zero attached hydrogens (tertiary/aromatic N) is 2. The SMILES string of the molecule is CCON1C(=O)C[C@H](C(=O)OC)C12CCN(C(=O)CCc1c[nH]c3ccccc13)CC2. The lowest BCUT2D eigenvalue weighted by atomic mass is 9.77. The van der Waals surface area contributed by atoms with Gasteiger partial charge in [-0.3, -0.25) is 19.2 Å². The average Bonchev–Trinajstić information content (AvgIpc) is 3.32. The van der Waals surface area contributed by atoms with Gasteiger partial charge in [0.25, 0.3) is 0 Å². The predicted octanol–water partition coefficient (Wildman–Crippen LogP) is 2.43. The van der Waals surface area contributed by atoms with Gasteiger partial charge in [0, 0.05) is 43.0 Å². The highest BCUT2D eigenvalue weighted by molar-refractivity contribution is 5.88. The highest BCUT2D eigenvalue weighted by Gasteiger charge is 2.58. The summed E-state index contributed by atoms with van der Waals surface area (Å²) in [5.74, 6) is -1.08. The van der Waals surface area contributed by atoms with Crippen molar-refractivity contribution in [3.05, 3.63) is 36.0 Å². The summed E-state index contributed by atoms with van der Waals surface area (Å²) < 4.78 is 4.97. The number of carbonyl (C=O) groups excluding carboxylic acids is 3. The van der Waals surface area contributed by atoms with Crippen molar-refractivity contribution in [2.75, 3.05) is 26.8 Å². The Labute approximate surface area is 181 Å². The number of aromatic amines is 1. The molecule has 0 radical (unpaired) electrons. The van der Waals surface area contributed by atoms with E-state index in [-0.39, 0.29) is 18.2 Å². The summed E-state index contributed by atoms with van der Waals surface area (Å²) in [5.41, 5.74) is 1.46. The zero-order valence-corrected chi connectivity index (χ0v) is 18.1. The average molecular weight is 428 g/mol. The number of hydrogen-bond donors (Lipinski definition) is 1. The van der Waals surface area contributed by atoms with Gasteiger partial charge >= 0.3 is 5.97 Å². The van der Waals surface area contributed by atoms with Crippen LogP contribution in [0.15, 0.2) is 30.5 Å². The predicted molar refractivity (Wildman–Crippen MR) is 114 cm³/mol. The quantitative estimate of drug-likeness (QED) is 0.715. The molecule has 2 aliphatic heterocycles. The van der Waals surface area contributed by atoms with Crippen LogP contribution in [-0.2, 0) is 30.4 Å². The lowest BCUT2D eigenvalue weighted by molar-refractivity contribution is -0.221. The summed E-state index contributed by atoms with van der Waals surface area (Å²) >= 11 is 0. The number of likely N-dealkylation sites (tertiary alicyclic amines) is 1. The topological polar surface area (TPSA) is 91.9 Å². The van der Waals surface area contributed by atoms with Crippen LogP contribution in [0.5, 0.6) is 0 Å². The number of nitrogens with one attached hydrogen (secondary N) is 1. The Kier molecular flexibility index (Phi) is 6.00. The molecule has 3 heterocycles. The van der Waals surface area contributed by atoms with Gasteiger partial charge in [-0.1, -0.05) is 18.2 Å². The number of ether oxygens (including phenoxy) is 1. The monoisotopic (exact) mass is 427 g/mol. The normalized spacial score (nSPS) is 20.6.